The van der Waals surface area contributed by atoms with Crippen molar-refractivity contribution in [1.82, 2.24) is 10.6 Å². The molecule has 0 radical (unpaired) electrons. The molecule has 2 N–H and O–H groups in total. The van der Waals surface area contributed by atoms with Crippen LogP contribution in [0, 0.1) is 12.8 Å². The monoisotopic (exact) mass is 315 g/mol. The van der Waals surface area contributed by atoms with Gasteiger partial charge in [-0.3, -0.25) is 0 Å². The minimum absolute atomic E-state index is 0.0192. The summed E-state index contributed by atoms with van der Waals surface area (Å²) >= 11 is 0. The number of carbonyl (C=O) groups excluding carboxylic acids is 1. The fourth-order valence-corrected chi connectivity index (χ4v) is 3.71. The molecular formula is C19H29N3O. The van der Waals surface area contributed by atoms with Gasteiger partial charge in [0.15, 0.2) is 0 Å². The van der Waals surface area contributed by atoms with Gasteiger partial charge in [-0.1, -0.05) is 37.0 Å². The molecule has 1 atom stereocenters. The zero-order chi connectivity index (χ0) is 16.1. The first-order valence-corrected chi connectivity index (χ1v) is 9.07. The largest absolute Gasteiger partial charge is 0.371 e. The summed E-state index contributed by atoms with van der Waals surface area (Å²) in [6, 6.07) is 9.13. The van der Waals surface area contributed by atoms with Crippen LogP contribution >= 0.6 is 0 Å². The van der Waals surface area contributed by atoms with Crippen molar-refractivity contribution in [1.29, 1.82) is 0 Å². The molecule has 1 saturated heterocycles. The van der Waals surface area contributed by atoms with Crippen LogP contribution in [0.5, 0.6) is 0 Å². The van der Waals surface area contributed by atoms with Gasteiger partial charge in [-0.05, 0) is 44.2 Å². The van der Waals surface area contributed by atoms with Crippen LogP contribution < -0.4 is 15.5 Å². The first kappa shape index (κ1) is 16.2. The Morgan fingerprint density at radius 2 is 1.87 bits per heavy atom. The van der Waals surface area contributed by atoms with E-state index in [9.17, 15) is 4.79 Å². The highest BCUT2D eigenvalue weighted by Crippen LogP contribution is 2.23. The van der Waals surface area contributed by atoms with E-state index in [2.05, 4.69) is 46.7 Å². The molecule has 1 aliphatic heterocycles. The van der Waals surface area contributed by atoms with E-state index in [0.29, 0.717) is 12.0 Å². The maximum atomic E-state index is 12.0. The summed E-state index contributed by atoms with van der Waals surface area (Å²) in [5.41, 5.74) is 2.59. The van der Waals surface area contributed by atoms with Crippen molar-refractivity contribution >= 4 is 11.7 Å². The van der Waals surface area contributed by atoms with Crippen molar-refractivity contribution in [2.45, 2.75) is 51.5 Å². The van der Waals surface area contributed by atoms with E-state index in [0.717, 1.165) is 38.9 Å². The Labute approximate surface area is 139 Å². The van der Waals surface area contributed by atoms with E-state index >= 15 is 0 Å². The first-order valence-electron chi connectivity index (χ1n) is 9.07. The highest BCUT2D eigenvalue weighted by Gasteiger charge is 2.23. The number of benzene rings is 1. The Hall–Kier alpha value is -1.71. The molecule has 2 aliphatic rings. The Bertz CT molecular complexity index is 508. The molecule has 1 unspecified atom stereocenters. The quantitative estimate of drug-likeness (QED) is 0.894. The molecule has 3 rings (SSSR count). The van der Waals surface area contributed by atoms with Crippen molar-refractivity contribution < 1.29 is 4.79 Å². The lowest BCUT2D eigenvalue weighted by Crippen LogP contribution is -2.44. The van der Waals surface area contributed by atoms with Crippen LogP contribution in [0.4, 0.5) is 10.5 Å². The van der Waals surface area contributed by atoms with Gasteiger partial charge in [0.05, 0.1) is 0 Å². The summed E-state index contributed by atoms with van der Waals surface area (Å²) in [4.78, 5) is 14.4. The second-order valence-electron chi connectivity index (χ2n) is 7.13. The van der Waals surface area contributed by atoms with Crippen LogP contribution in [0.15, 0.2) is 24.3 Å². The van der Waals surface area contributed by atoms with Crippen molar-refractivity contribution in [2.75, 3.05) is 24.5 Å². The molecule has 0 spiro atoms. The van der Waals surface area contributed by atoms with E-state index in [1.807, 2.05) is 0 Å². The van der Waals surface area contributed by atoms with Gasteiger partial charge in [-0.2, -0.15) is 0 Å². The average molecular weight is 315 g/mol. The Morgan fingerprint density at radius 3 is 2.61 bits per heavy atom. The molecule has 1 heterocycles. The Morgan fingerprint density at radius 1 is 1.13 bits per heavy atom. The maximum Gasteiger partial charge on any atom is 0.315 e. The van der Waals surface area contributed by atoms with Crippen LogP contribution in [-0.2, 0) is 0 Å². The number of rotatable bonds is 4. The van der Waals surface area contributed by atoms with Crippen LogP contribution in [0.1, 0.15) is 44.1 Å². The number of aryl methyl sites for hydroxylation is 1. The Balaban J connectivity index is 1.39. The lowest BCUT2D eigenvalue weighted by molar-refractivity contribution is 0.231. The third-order valence-electron chi connectivity index (χ3n) is 5.18. The van der Waals surface area contributed by atoms with Gasteiger partial charge in [-0.15, -0.1) is 0 Å². The van der Waals surface area contributed by atoms with Crippen LogP contribution in [0.25, 0.3) is 0 Å². The van der Waals surface area contributed by atoms with E-state index in [-0.39, 0.29) is 6.03 Å². The standard InChI is InChI=1S/C19H29N3O/c1-15-7-9-18(10-8-15)22-12-11-16(14-22)13-20-19(23)21-17-5-3-2-4-6-17/h7-10,16-17H,2-6,11-14H2,1H3,(H2,20,21,23). The molecule has 126 valence electrons. The number of amides is 2. The number of hydrogen-bond acceptors (Lipinski definition) is 2. The topological polar surface area (TPSA) is 44.4 Å². The van der Waals surface area contributed by atoms with Crippen LogP contribution in [-0.4, -0.2) is 31.7 Å². The molecule has 1 aromatic carbocycles. The zero-order valence-electron chi connectivity index (χ0n) is 14.2. The van der Waals surface area contributed by atoms with Crippen LogP contribution in [0.2, 0.25) is 0 Å². The van der Waals surface area contributed by atoms with Gasteiger partial charge >= 0.3 is 6.03 Å². The molecule has 2 amide bonds. The van der Waals surface area contributed by atoms with Crippen molar-refractivity contribution in [3.05, 3.63) is 29.8 Å². The summed E-state index contributed by atoms with van der Waals surface area (Å²) in [5.74, 6) is 0.549. The fourth-order valence-electron chi connectivity index (χ4n) is 3.71. The second-order valence-corrected chi connectivity index (χ2v) is 7.13. The lowest BCUT2D eigenvalue weighted by atomic mass is 9.96. The van der Waals surface area contributed by atoms with Crippen molar-refractivity contribution in [3.8, 4) is 0 Å². The van der Waals surface area contributed by atoms with Crippen molar-refractivity contribution in [2.24, 2.45) is 5.92 Å². The van der Waals surface area contributed by atoms with Gasteiger partial charge in [0, 0.05) is 31.4 Å². The van der Waals surface area contributed by atoms with Crippen LogP contribution in [0.3, 0.4) is 0 Å². The molecule has 4 nitrogen and oxygen atoms in total. The molecule has 0 bridgehead atoms. The van der Waals surface area contributed by atoms with E-state index < -0.39 is 0 Å². The molecule has 1 saturated carbocycles. The molecule has 1 aromatic rings. The normalized spacial score (nSPS) is 22.1. The number of carbonyl (C=O) groups is 1. The number of nitrogens with zero attached hydrogens (tertiary/aromatic N) is 1. The van der Waals surface area contributed by atoms with E-state index in [1.54, 1.807) is 0 Å². The highest BCUT2D eigenvalue weighted by atomic mass is 16.2. The summed E-state index contributed by atoms with van der Waals surface area (Å²) in [5, 5.41) is 6.20. The average Bonchev–Trinajstić information content (AvgIpc) is 3.04. The van der Waals surface area contributed by atoms with E-state index in [1.165, 1.54) is 30.5 Å². The molecule has 23 heavy (non-hydrogen) atoms. The maximum absolute atomic E-state index is 12.0. The van der Waals surface area contributed by atoms with Gasteiger partial charge < -0.3 is 15.5 Å². The SMILES string of the molecule is Cc1ccc(N2CCC(CNC(=O)NC3CCCCC3)C2)cc1. The Kier molecular flexibility index (Phi) is 5.42. The van der Waals surface area contributed by atoms with E-state index in [4.69, 9.17) is 0 Å². The third kappa shape index (κ3) is 4.63. The first-order chi connectivity index (χ1) is 11.2. The summed E-state index contributed by atoms with van der Waals surface area (Å²) in [6.07, 6.45) is 7.24. The number of urea groups is 1. The molecular weight excluding hydrogens is 286 g/mol. The van der Waals surface area contributed by atoms with Gasteiger partial charge in [0.2, 0.25) is 0 Å². The molecule has 4 heteroatoms. The predicted molar refractivity (Wildman–Crippen MR) is 94.9 cm³/mol. The molecule has 1 aliphatic carbocycles. The number of anilines is 1. The fraction of sp³-hybridized carbons (Fsp3) is 0.632. The van der Waals surface area contributed by atoms with Crippen molar-refractivity contribution in [3.63, 3.8) is 0 Å². The number of hydrogen-bond donors (Lipinski definition) is 2. The van der Waals surface area contributed by atoms with Gasteiger partial charge in [0.25, 0.3) is 0 Å². The molecule has 2 fully saturated rings. The zero-order valence-corrected chi connectivity index (χ0v) is 14.2. The lowest BCUT2D eigenvalue weighted by Gasteiger charge is -2.23. The minimum Gasteiger partial charge on any atom is -0.371 e. The third-order valence-corrected chi connectivity index (χ3v) is 5.18. The molecule has 0 aromatic heterocycles. The predicted octanol–water partition coefficient (Wildman–Crippen LogP) is 3.45. The summed E-state index contributed by atoms with van der Waals surface area (Å²) in [7, 11) is 0. The highest BCUT2D eigenvalue weighted by molar-refractivity contribution is 5.74. The second kappa shape index (κ2) is 7.71. The summed E-state index contributed by atoms with van der Waals surface area (Å²) < 4.78 is 0. The number of nitrogens with one attached hydrogen (secondary N) is 2. The minimum atomic E-state index is 0.0192. The smallest absolute Gasteiger partial charge is 0.315 e. The summed E-state index contributed by atoms with van der Waals surface area (Å²) in [6.45, 7) is 5.01. The van der Waals surface area contributed by atoms with Gasteiger partial charge in [0.1, 0.15) is 0 Å². The van der Waals surface area contributed by atoms with Gasteiger partial charge in [-0.25, -0.2) is 4.79 Å².